The number of aliphatic imine (C=N–C) groups is 1. The van der Waals surface area contributed by atoms with Gasteiger partial charge in [-0.25, -0.2) is 9.97 Å². The lowest BCUT2D eigenvalue weighted by atomic mass is 10.3. The molecule has 0 unspecified atom stereocenters. The molecule has 8 heteroatoms. The number of aromatic nitrogens is 2. The monoisotopic (exact) mass is 373 g/mol. The van der Waals surface area contributed by atoms with E-state index in [1.807, 2.05) is 13.1 Å². The number of piperazine rings is 1. The predicted octanol–water partition coefficient (Wildman–Crippen LogP) is 1.07. The van der Waals surface area contributed by atoms with E-state index in [-0.39, 0.29) is 0 Å². The van der Waals surface area contributed by atoms with Crippen LogP contribution >= 0.6 is 11.3 Å². The Morgan fingerprint density at radius 2 is 1.88 bits per heavy atom. The van der Waals surface area contributed by atoms with Gasteiger partial charge in [0.25, 0.3) is 0 Å². The second kappa shape index (κ2) is 10.1. The van der Waals surface area contributed by atoms with E-state index in [0.29, 0.717) is 0 Å². The highest BCUT2D eigenvalue weighted by molar-refractivity contribution is 7.09. The third-order valence-corrected chi connectivity index (χ3v) is 5.33. The summed E-state index contributed by atoms with van der Waals surface area (Å²) in [6.07, 6.45) is 4.63. The minimum atomic E-state index is 0.834. The van der Waals surface area contributed by atoms with E-state index >= 15 is 0 Å². The highest BCUT2D eigenvalue weighted by Gasteiger charge is 2.18. The molecule has 2 aromatic rings. The lowest BCUT2D eigenvalue weighted by Gasteiger charge is -2.34. The van der Waals surface area contributed by atoms with Gasteiger partial charge in [0.05, 0.1) is 0 Å². The summed E-state index contributed by atoms with van der Waals surface area (Å²) in [4.78, 5) is 19.1. The van der Waals surface area contributed by atoms with Gasteiger partial charge in [-0.05, 0) is 23.9 Å². The summed E-state index contributed by atoms with van der Waals surface area (Å²) < 4.78 is 0. The fourth-order valence-corrected chi connectivity index (χ4v) is 3.65. The van der Waals surface area contributed by atoms with Gasteiger partial charge in [0, 0.05) is 70.1 Å². The second-order valence-corrected chi connectivity index (χ2v) is 7.16. The molecule has 0 saturated carbocycles. The minimum Gasteiger partial charge on any atom is -0.356 e. The predicted molar refractivity (Wildman–Crippen MR) is 108 cm³/mol. The summed E-state index contributed by atoms with van der Waals surface area (Å²) in [6, 6.07) is 6.12. The lowest BCUT2D eigenvalue weighted by molar-refractivity contribution is 0.260. The van der Waals surface area contributed by atoms with Crippen LogP contribution in [-0.4, -0.2) is 73.7 Å². The average Bonchev–Trinajstić information content (AvgIpc) is 3.21. The largest absolute Gasteiger partial charge is 0.356 e. The van der Waals surface area contributed by atoms with Crippen LogP contribution in [0.3, 0.4) is 0 Å². The molecule has 3 rings (SSSR count). The van der Waals surface area contributed by atoms with E-state index in [1.165, 1.54) is 4.88 Å². The highest BCUT2D eigenvalue weighted by atomic mass is 32.1. The van der Waals surface area contributed by atoms with Crippen molar-refractivity contribution in [3.63, 3.8) is 0 Å². The van der Waals surface area contributed by atoms with Crippen LogP contribution in [-0.2, 0) is 6.42 Å². The number of rotatable bonds is 7. The maximum absolute atomic E-state index is 4.33. The Kier molecular flexibility index (Phi) is 7.21. The Morgan fingerprint density at radius 3 is 2.58 bits per heavy atom. The van der Waals surface area contributed by atoms with Gasteiger partial charge in [0.2, 0.25) is 5.95 Å². The summed E-state index contributed by atoms with van der Waals surface area (Å²) in [5, 5.41) is 8.90. The third-order valence-electron chi connectivity index (χ3n) is 4.40. The number of hydrogen-bond donors (Lipinski definition) is 2. The Labute approximate surface area is 159 Å². The molecule has 1 aliphatic rings. The van der Waals surface area contributed by atoms with Gasteiger partial charge in [-0.2, -0.15) is 0 Å². The van der Waals surface area contributed by atoms with Gasteiger partial charge >= 0.3 is 0 Å². The summed E-state index contributed by atoms with van der Waals surface area (Å²) in [5.74, 6) is 1.71. The maximum atomic E-state index is 4.33. The van der Waals surface area contributed by atoms with Crippen molar-refractivity contribution in [1.29, 1.82) is 0 Å². The third kappa shape index (κ3) is 5.67. The Balaban J connectivity index is 1.30. The topological polar surface area (TPSA) is 68.7 Å². The van der Waals surface area contributed by atoms with E-state index < -0.39 is 0 Å². The smallest absolute Gasteiger partial charge is 0.225 e. The van der Waals surface area contributed by atoms with E-state index in [0.717, 1.165) is 64.1 Å². The summed E-state index contributed by atoms with van der Waals surface area (Å²) in [7, 11) is 1.82. The van der Waals surface area contributed by atoms with Crippen LogP contribution in [0, 0.1) is 0 Å². The molecule has 0 aliphatic carbocycles. The summed E-state index contributed by atoms with van der Waals surface area (Å²) >= 11 is 1.80. The molecule has 0 aromatic carbocycles. The van der Waals surface area contributed by atoms with Crippen LogP contribution in [0.15, 0.2) is 41.0 Å². The number of hydrogen-bond acceptors (Lipinski definition) is 6. The van der Waals surface area contributed by atoms with E-state index in [9.17, 15) is 0 Å². The Morgan fingerprint density at radius 1 is 1.12 bits per heavy atom. The standard InChI is InChI=1S/C18H27N7S/c1-19-17(20-8-5-16-4-2-15-26-16)21-9-10-24-11-13-25(14-12-24)18-22-6-3-7-23-18/h2-4,6-7,15H,5,8-14H2,1H3,(H2,19,20,21). The van der Waals surface area contributed by atoms with Crippen molar-refractivity contribution in [1.82, 2.24) is 25.5 Å². The number of nitrogens with one attached hydrogen (secondary N) is 2. The van der Waals surface area contributed by atoms with Crippen LogP contribution in [0.4, 0.5) is 5.95 Å². The minimum absolute atomic E-state index is 0.834. The SMILES string of the molecule is CN=C(NCCc1cccs1)NCCN1CCN(c2ncccn2)CC1. The van der Waals surface area contributed by atoms with Gasteiger partial charge in [-0.3, -0.25) is 9.89 Å². The van der Waals surface area contributed by atoms with Gasteiger partial charge < -0.3 is 15.5 Å². The van der Waals surface area contributed by atoms with E-state index in [2.05, 4.69) is 52.9 Å². The molecular weight excluding hydrogens is 346 g/mol. The quantitative estimate of drug-likeness (QED) is 0.559. The fraction of sp³-hybridized carbons (Fsp3) is 0.500. The van der Waals surface area contributed by atoms with Crippen LogP contribution in [0.2, 0.25) is 0 Å². The molecule has 0 bridgehead atoms. The number of thiophene rings is 1. The zero-order chi connectivity index (χ0) is 18.0. The van der Waals surface area contributed by atoms with Crippen LogP contribution < -0.4 is 15.5 Å². The molecule has 1 aliphatic heterocycles. The highest BCUT2D eigenvalue weighted by Crippen LogP contribution is 2.09. The van der Waals surface area contributed by atoms with Crippen molar-refractivity contribution in [2.75, 3.05) is 57.8 Å². The molecule has 0 atom stereocenters. The zero-order valence-corrected chi connectivity index (χ0v) is 16.1. The van der Waals surface area contributed by atoms with Crippen LogP contribution in [0.5, 0.6) is 0 Å². The second-order valence-electron chi connectivity index (χ2n) is 6.13. The molecule has 2 aromatic heterocycles. The molecular formula is C18H27N7S. The Hall–Kier alpha value is -2.19. The molecule has 3 heterocycles. The number of nitrogens with zero attached hydrogens (tertiary/aromatic N) is 5. The first-order chi connectivity index (χ1) is 12.8. The first-order valence-corrected chi connectivity index (χ1v) is 9.94. The van der Waals surface area contributed by atoms with E-state index in [1.54, 1.807) is 23.7 Å². The first kappa shape index (κ1) is 18.6. The van der Waals surface area contributed by atoms with Crippen LogP contribution in [0.1, 0.15) is 4.88 Å². The van der Waals surface area contributed by atoms with Gasteiger partial charge in [0.1, 0.15) is 0 Å². The lowest BCUT2D eigenvalue weighted by Crippen LogP contribution is -2.49. The fourth-order valence-electron chi connectivity index (χ4n) is 2.94. The number of anilines is 1. The molecule has 26 heavy (non-hydrogen) atoms. The van der Waals surface area contributed by atoms with Crippen molar-refractivity contribution in [3.05, 3.63) is 40.8 Å². The average molecular weight is 374 g/mol. The van der Waals surface area contributed by atoms with Crippen molar-refractivity contribution < 1.29 is 0 Å². The van der Waals surface area contributed by atoms with Crippen molar-refractivity contribution >= 4 is 23.2 Å². The molecule has 0 amide bonds. The van der Waals surface area contributed by atoms with Crippen molar-refractivity contribution in [2.45, 2.75) is 6.42 Å². The number of guanidine groups is 1. The molecule has 7 nitrogen and oxygen atoms in total. The van der Waals surface area contributed by atoms with Gasteiger partial charge in [-0.15, -0.1) is 11.3 Å². The molecule has 2 N–H and O–H groups in total. The normalized spacial score (nSPS) is 15.9. The summed E-state index contributed by atoms with van der Waals surface area (Å²) in [6.45, 7) is 6.80. The zero-order valence-electron chi connectivity index (χ0n) is 15.3. The Bertz CT molecular complexity index is 651. The maximum Gasteiger partial charge on any atom is 0.225 e. The summed E-state index contributed by atoms with van der Waals surface area (Å²) in [5.41, 5.74) is 0. The molecule has 0 spiro atoms. The molecule has 140 valence electrons. The van der Waals surface area contributed by atoms with Crippen molar-refractivity contribution in [2.24, 2.45) is 4.99 Å². The first-order valence-electron chi connectivity index (χ1n) is 9.06. The molecule has 1 saturated heterocycles. The van der Waals surface area contributed by atoms with Gasteiger partial charge in [-0.1, -0.05) is 6.07 Å². The van der Waals surface area contributed by atoms with Gasteiger partial charge in [0.15, 0.2) is 5.96 Å². The van der Waals surface area contributed by atoms with Crippen molar-refractivity contribution in [3.8, 4) is 0 Å². The van der Waals surface area contributed by atoms with Crippen LogP contribution in [0.25, 0.3) is 0 Å². The molecule has 1 fully saturated rings. The van der Waals surface area contributed by atoms with E-state index in [4.69, 9.17) is 0 Å². The molecule has 0 radical (unpaired) electrons.